The van der Waals surface area contributed by atoms with Crippen LogP contribution in [0.4, 0.5) is 0 Å². The van der Waals surface area contributed by atoms with Gasteiger partial charge in [-0.1, -0.05) is 185 Å². The predicted octanol–water partition coefficient (Wildman–Crippen LogP) is 21.1. The van der Waals surface area contributed by atoms with Gasteiger partial charge in [-0.2, -0.15) is 0 Å². The van der Waals surface area contributed by atoms with E-state index in [1.54, 1.807) is 0 Å². The number of hydrogen-bond donors (Lipinski definition) is 1. The molecule has 1 N–H and O–H groups in total. The molecular formula is C74H84IrN2O2S-2. The first kappa shape index (κ1) is 62.9. The van der Waals surface area contributed by atoms with Crippen LogP contribution in [0.1, 0.15) is 139 Å². The molecule has 1 radical (unpaired) electrons. The molecule has 0 amide bonds. The van der Waals surface area contributed by atoms with E-state index in [-0.39, 0.29) is 48.9 Å². The fourth-order valence-corrected chi connectivity index (χ4v) is 12.4. The summed E-state index contributed by atoms with van der Waals surface area (Å²) in [5.41, 5.74) is 21.1. The molecule has 0 aliphatic carbocycles. The Morgan fingerprint density at radius 2 is 1.18 bits per heavy atom. The molecule has 9 rings (SSSR count). The second-order valence-corrected chi connectivity index (χ2v) is 25.0. The minimum Gasteiger partial charge on any atom is -0.512 e. The molecule has 3 aromatic heterocycles. The average molecular weight is 1260 g/mol. The summed E-state index contributed by atoms with van der Waals surface area (Å²) in [4.78, 5) is 22.5. The van der Waals surface area contributed by atoms with Crippen molar-refractivity contribution in [1.29, 1.82) is 0 Å². The summed E-state index contributed by atoms with van der Waals surface area (Å²) >= 11 is 1.87. The van der Waals surface area contributed by atoms with Crippen molar-refractivity contribution < 1.29 is 30.0 Å². The number of hydrogen-bond acceptors (Lipinski definition) is 5. The van der Waals surface area contributed by atoms with Crippen LogP contribution in [0.25, 0.3) is 76.1 Å². The van der Waals surface area contributed by atoms with Gasteiger partial charge in [-0.25, -0.2) is 0 Å². The zero-order chi connectivity index (χ0) is 57.3. The molecule has 0 spiro atoms. The molecule has 80 heavy (non-hydrogen) atoms. The molecule has 9 aromatic rings. The number of aromatic nitrogens is 2. The fourth-order valence-electron chi connectivity index (χ4n) is 10.9. The zero-order valence-corrected chi connectivity index (χ0v) is 53.7. The van der Waals surface area contributed by atoms with E-state index < -0.39 is 0 Å². The Morgan fingerprint density at radius 1 is 0.613 bits per heavy atom. The molecule has 419 valence electrons. The number of nitrogens with zero attached hydrogens (tertiary/aromatic N) is 2. The van der Waals surface area contributed by atoms with Crippen LogP contribution in [0.5, 0.6) is 0 Å². The van der Waals surface area contributed by atoms with Crippen molar-refractivity contribution in [2.24, 2.45) is 17.3 Å². The van der Waals surface area contributed by atoms with E-state index in [1.807, 2.05) is 51.4 Å². The van der Waals surface area contributed by atoms with Gasteiger partial charge in [-0.05, 0) is 144 Å². The van der Waals surface area contributed by atoms with Crippen LogP contribution in [0.3, 0.4) is 0 Å². The monoisotopic (exact) mass is 1260 g/mol. The van der Waals surface area contributed by atoms with Crippen LogP contribution >= 0.6 is 11.3 Å². The van der Waals surface area contributed by atoms with Crippen molar-refractivity contribution in [2.45, 2.75) is 148 Å². The van der Waals surface area contributed by atoms with Gasteiger partial charge in [-0.3, -0.25) is 9.78 Å². The van der Waals surface area contributed by atoms with Crippen LogP contribution < -0.4 is 0 Å². The Kier molecular flexibility index (Phi) is 21.6. The number of aryl methyl sites for hydroxylation is 6. The molecule has 0 aliphatic rings. The van der Waals surface area contributed by atoms with Gasteiger partial charge in [-0.15, -0.1) is 75.4 Å². The molecule has 0 saturated heterocycles. The normalized spacial score (nSPS) is 11.8. The number of aliphatic hydroxyl groups is 1. The molecular weight excluding hydrogens is 1170 g/mol. The SMILES string of the molecule is CCC(CC)C(=O)/C=C(\O)C(CC)CC.Cc1[c-]c(-c2cc(-c3ccc(-c4ccc(CC(C)(C)C)cc4)cc3)ccn2)cc(C)c1.Cc1cc(C)c(-c2sc3c(-c4[c-]c5ccccc5c(C(C)(C)C)c4)nccc3c2C)c(C)c1.[Ir]. The van der Waals surface area contributed by atoms with Crippen molar-refractivity contribution in [3.63, 3.8) is 0 Å². The van der Waals surface area contributed by atoms with Gasteiger partial charge in [0.15, 0.2) is 5.78 Å². The Bertz CT molecular complexity index is 3540. The van der Waals surface area contributed by atoms with Crippen molar-refractivity contribution in [2.75, 3.05) is 0 Å². The number of ketones is 1. The molecule has 0 atom stereocenters. The summed E-state index contributed by atoms with van der Waals surface area (Å²) in [6, 6.07) is 51.0. The summed E-state index contributed by atoms with van der Waals surface area (Å²) in [5, 5.41) is 13.5. The van der Waals surface area contributed by atoms with Crippen molar-refractivity contribution in [3.05, 3.63) is 202 Å². The third kappa shape index (κ3) is 15.6. The van der Waals surface area contributed by atoms with Gasteiger partial charge in [0.05, 0.1) is 5.76 Å². The second-order valence-electron chi connectivity index (χ2n) is 24.0. The molecule has 0 fully saturated rings. The number of fused-ring (bicyclic) bond motifs is 2. The first-order valence-electron chi connectivity index (χ1n) is 28.6. The molecule has 3 heterocycles. The van der Waals surface area contributed by atoms with Crippen LogP contribution in [-0.4, -0.2) is 20.9 Å². The molecule has 6 aromatic carbocycles. The minimum absolute atomic E-state index is 0. The number of aliphatic hydroxyl groups excluding tert-OH is 1. The summed E-state index contributed by atoms with van der Waals surface area (Å²) in [7, 11) is 0. The molecule has 0 bridgehead atoms. The Labute approximate surface area is 497 Å². The molecule has 0 unspecified atom stereocenters. The third-order valence-corrected chi connectivity index (χ3v) is 16.4. The first-order valence-corrected chi connectivity index (χ1v) is 29.4. The summed E-state index contributed by atoms with van der Waals surface area (Å²) < 4.78 is 1.25. The Hall–Kier alpha value is -6.30. The van der Waals surface area contributed by atoms with E-state index >= 15 is 0 Å². The van der Waals surface area contributed by atoms with Crippen LogP contribution in [0.2, 0.25) is 0 Å². The summed E-state index contributed by atoms with van der Waals surface area (Å²) in [6.07, 6.45) is 9.84. The van der Waals surface area contributed by atoms with Crippen molar-refractivity contribution in [3.8, 4) is 55.2 Å². The largest absolute Gasteiger partial charge is 0.512 e. The van der Waals surface area contributed by atoms with E-state index in [0.29, 0.717) is 5.41 Å². The van der Waals surface area contributed by atoms with Crippen molar-refractivity contribution >= 4 is 38.0 Å². The molecule has 4 nitrogen and oxygen atoms in total. The smallest absolute Gasteiger partial charge is 0.162 e. The number of allylic oxidation sites excluding steroid dienone is 2. The maximum Gasteiger partial charge on any atom is 0.162 e. The van der Waals surface area contributed by atoms with Gasteiger partial charge >= 0.3 is 0 Å². The molecule has 0 aliphatic heterocycles. The van der Waals surface area contributed by atoms with Crippen LogP contribution in [0, 0.1) is 70.9 Å². The van der Waals surface area contributed by atoms with E-state index in [2.05, 4.69) is 222 Å². The minimum atomic E-state index is 0. The Morgan fingerprint density at radius 3 is 1.75 bits per heavy atom. The molecule has 6 heteroatoms. The third-order valence-electron chi connectivity index (χ3n) is 15.1. The Balaban J connectivity index is 0.000000206. The fraction of sp³-hybridized carbons (Fsp3) is 0.338. The zero-order valence-electron chi connectivity index (χ0n) is 50.5. The topological polar surface area (TPSA) is 63.1 Å². The standard InChI is InChI=1S/C31H30NS.C30H30N.C13H24O2.Ir/c1-18-14-19(2)27(20(3)15-18)29-21(4)24-12-13-32-28(30(24)33-29)23-16-22-10-8-9-11-25(22)26(17-23)31(5,6)7;1-21-16-22(2)18-28(17-21)29-19-27(14-15-31-29)26-12-10-25(11-13-26)24-8-6-23(7-9-24)20-30(3,4)5;1-5-10(6-2)12(14)9-13(15)11(7-3)8-4;/h8-15,17H,1-7H3;6-17,19H,20H2,1-5H3;9-11,14H,5-8H2,1-4H3;/q2*-1;;/b;;12-9-;. The van der Waals surface area contributed by atoms with Gasteiger partial charge < -0.3 is 10.1 Å². The predicted molar refractivity (Wildman–Crippen MR) is 340 cm³/mol. The number of pyridine rings is 2. The summed E-state index contributed by atoms with van der Waals surface area (Å²) in [6.45, 7) is 34.8. The van der Waals surface area contributed by atoms with Gasteiger partial charge in [0.1, 0.15) is 0 Å². The van der Waals surface area contributed by atoms with Gasteiger partial charge in [0.2, 0.25) is 0 Å². The maximum atomic E-state index is 11.7. The van der Waals surface area contributed by atoms with Gasteiger partial charge in [0, 0.05) is 65.7 Å². The first-order chi connectivity index (χ1) is 37.5. The average Bonchev–Trinajstić information content (AvgIpc) is 3.73. The number of carbonyl (C=O) groups is 1. The van der Waals surface area contributed by atoms with Gasteiger partial charge in [0.25, 0.3) is 0 Å². The van der Waals surface area contributed by atoms with E-state index in [0.717, 1.165) is 65.6 Å². The molecule has 0 saturated carbocycles. The number of benzene rings is 6. The number of carbonyl (C=O) groups excluding carboxylic acids is 1. The second kappa shape index (κ2) is 27.4. The van der Waals surface area contributed by atoms with E-state index in [9.17, 15) is 9.90 Å². The quantitative estimate of drug-likeness (QED) is 0.0710. The number of thiophene rings is 1. The summed E-state index contributed by atoms with van der Waals surface area (Å²) in [5.74, 6) is 0.547. The van der Waals surface area contributed by atoms with Crippen molar-refractivity contribution in [1.82, 2.24) is 9.97 Å². The number of rotatable bonds is 13. The van der Waals surface area contributed by atoms with Crippen LogP contribution in [-0.2, 0) is 36.7 Å². The van der Waals surface area contributed by atoms with E-state index in [1.165, 1.54) is 93.2 Å². The van der Waals surface area contributed by atoms with Crippen LogP contribution in [0.15, 0.2) is 146 Å². The maximum absolute atomic E-state index is 11.7. The van der Waals surface area contributed by atoms with E-state index in [4.69, 9.17) is 4.98 Å².